The Bertz CT molecular complexity index is 178. The summed E-state index contributed by atoms with van der Waals surface area (Å²) < 4.78 is 5.49. The van der Waals surface area contributed by atoms with Crippen LogP contribution >= 0.6 is 0 Å². The molecule has 2 heteroatoms. The van der Waals surface area contributed by atoms with E-state index in [-0.39, 0.29) is 5.78 Å². The molecule has 0 aliphatic rings. The van der Waals surface area contributed by atoms with Gasteiger partial charge in [-0.25, -0.2) is 0 Å². The molecule has 108 valence electrons. The van der Waals surface area contributed by atoms with Crippen LogP contribution in [-0.4, -0.2) is 19.0 Å². The molecule has 0 fully saturated rings. The molecule has 0 bridgehead atoms. The van der Waals surface area contributed by atoms with Crippen LogP contribution in [0.25, 0.3) is 0 Å². The van der Waals surface area contributed by atoms with Crippen molar-refractivity contribution in [3.8, 4) is 0 Å². The molecular formula is C16H32O2. The van der Waals surface area contributed by atoms with Gasteiger partial charge in [0.2, 0.25) is 0 Å². The van der Waals surface area contributed by atoms with Gasteiger partial charge in [-0.1, -0.05) is 58.3 Å². The third-order valence-corrected chi connectivity index (χ3v) is 3.21. The van der Waals surface area contributed by atoms with E-state index in [1.54, 1.807) is 6.92 Å². The summed E-state index contributed by atoms with van der Waals surface area (Å²) in [6, 6.07) is 0. The number of ether oxygens (including phenoxy) is 1. The standard InChI is InChI=1S/C16H32O2/c1-3-4-5-6-7-8-9-10-11-14-18-15-12-13-16(2)17/h3-15H2,1-2H3. The molecule has 0 unspecified atom stereocenters. The van der Waals surface area contributed by atoms with Gasteiger partial charge in [-0.05, 0) is 19.8 Å². The second-order valence-electron chi connectivity index (χ2n) is 5.25. The highest BCUT2D eigenvalue weighted by Gasteiger charge is 1.95. The summed E-state index contributed by atoms with van der Waals surface area (Å²) in [7, 11) is 0. The smallest absolute Gasteiger partial charge is 0.129 e. The normalized spacial score (nSPS) is 10.8. The molecule has 2 nitrogen and oxygen atoms in total. The van der Waals surface area contributed by atoms with Gasteiger partial charge < -0.3 is 9.53 Å². The zero-order valence-electron chi connectivity index (χ0n) is 12.5. The summed E-state index contributed by atoms with van der Waals surface area (Å²) in [5.41, 5.74) is 0. The number of Topliss-reactive ketones (excluding diaryl/α,β-unsaturated/α-hetero) is 1. The molecule has 0 rings (SSSR count). The van der Waals surface area contributed by atoms with Crippen LogP contribution in [0, 0.1) is 0 Å². The monoisotopic (exact) mass is 256 g/mol. The Kier molecular flexibility index (Phi) is 14.4. The van der Waals surface area contributed by atoms with Crippen LogP contribution in [-0.2, 0) is 9.53 Å². The van der Waals surface area contributed by atoms with E-state index < -0.39 is 0 Å². The Hall–Kier alpha value is -0.370. The number of hydrogen-bond donors (Lipinski definition) is 0. The molecule has 0 aliphatic heterocycles. The van der Waals surface area contributed by atoms with Crippen LogP contribution < -0.4 is 0 Å². The maximum absolute atomic E-state index is 10.7. The highest BCUT2D eigenvalue weighted by Crippen LogP contribution is 2.09. The number of carbonyl (C=O) groups is 1. The second kappa shape index (κ2) is 14.7. The SMILES string of the molecule is CCCCCCCCCCCOCCCC(C)=O. The molecular weight excluding hydrogens is 224 g/mol. The van der Waals surface area contributed by atoms with E-state index in [1.165, 1.54) is 57.8 Å². The first-order chi connectivity index (χ1) is 8.77. The van der Waals surface area contributed by atoms with Crippen molar-refractivity contribution >= 4 is 5.78 Å². The van der Waals surface area contributed by atoms with Gasteiger partial charge in [0.25, 0.3) is 0 Å². The predicted molar refractivity (Wildman–Crippen MR) is 78.0 cm³/mol. The summed E-state index contributed by atoms with van der Waals surface area (Å²) in [4.78, 5) is 10.7. The van der Waals surface area contributed by atoms with Crippen molar-refractivity contribution in [2.45, 2.75) is 84.5 Å². The average molecular weight is 256 g/mol. The Balaban J connectivity index is 2.92. The summed E-state index contributed by atoms with van der Waals surface area (Å²) >= 11 is 0. The van der Waals surface area contributed by atoms with Crippen LogP contribution in [0.1, 0.15) is 84.5 Å². The van der Waals surface area contributed by atoms with Crippen LogP contribution in [0.15, 0.2) is 0 Å². The lowest BCUT2D eigenvalue weighted by molar-refractivity contribution is -0.117. The second-order valence-corrected chi connectivity index (χ2v) is 5.25. The predicted octanol–water partition coefficient (Wildman–Crippen LogP) is 4.90. The largest absolute Gasteiger partial charge is 0.381 e. The molecule has 0 aromatic heterocycles. The van der Waals surface area contributed by atoms with Gasteiger partial charge in [-0.15, -0.1) is 0 Å². The van der Waals surface area contributed by atoms with E-state index in [0.717, 1.165) is 19.6 Å². The molecule has 0 saturated heterocycles. The third-order valence-electron chi connectivity index (χ3n) is 3.21. The molecule has 0 aromatic rings. The van der Waals surface area contributed by atoms with Gasteiger partial charge in [-0.3, -0.25) is 0 Å². The molecule has 0 atom stereocenters. The van der Waals surface area contributed by atoms with Crippen molar-refractivity contribution in [1.82, 2.24) is 0 Å². The van der Waals surface area contributed by atoms with Crippen LogP contribution in [0.3, 0.4) is 0 Å². The minimum Gasteiger partial charge on any atom is -0.381 e. The summed E-state index contributed by atoms with van der Waals surface area (Å²) in [5, 5.41) is 0. The van der Waals surface area contributed by atoms with Crippen molar-refractivity contribution in [1.29, 1.82) is 0 Å². The van der Waals surface area contributed by atoms with Gasteiger partial charge in [0.1, 0.15) is 5.78 Å². The average Bonchev–Trinajstić information content (AvgIpc) is 2.34. The van der Waals surface area contributed by atoms with E-state index in [4.69, 9.17) is 4.74 Å². The summed E-state index contributed by atoms with van der Waals surface area (Å²) in [6.07, 6.45) is 13.7. The molecule has 0 heterocycles. The maximum Gasteiger partial charge on any atom is 0.129 e. The molecule has 0 aliphatic carbocycles. The number of ketones is 1. The Morgan fingerprint density at radius 1 is 0.778 bits per heavy atom. The van der Waals surface area contributed by atoms with Gasteiger partial charge in [0.05, 0.1) is 0 Å². The summed E-state index contributed by atoms with van der Waals surface area (Å²) in [5.74, 6) is 0.265. The lowest BCUT2D eigenvalue weighted by atomic mass is 10.1. The van der Waals surface area contributed by atoms with Crippen LogP contribution in [0.2, 0.25) is 0 Å². The Morgan fingerprint density at radius 3 is 1.83 bits per heavy atom. The fourth-order valence-corrected chi connectivity index (χ4v) is 2.04. The summed E-state index contributed by atoms with van der Waals surface area (Å²) in [6.45, 7) is 5.52. The molecule has 0 spiro atoms. The van der Waals surface area contributed by atoms with E-state index in [1.807, 2.05) is 0 Å². The number of rotatable bonds is 14. The molecule has 0 saturated carbocycles. The lowest BCUT2D eigenvalue weighted by Crippen LogP contribution is -1.99. The number of hydrogen-bond acceptors (Lipinski definition) is 2. The highest BCUT2D eigenvalue weighted by molar-refractivity contribution is 5.75. The number of carbonyl (C=O) groups excluding carboxylic acids is 1. The van der Waals surface area contributed by atoms with Crippen molar-refractivity contribution in [3.05, 3.63) is 0 Å². The minimum atomic E-state index is 0.265. The quantitative estimate of drug-likeness (QED) is 0.413. The fourth-order valence-electron chi connectivity index (χ4n) is 2.04. The first-order valence-electron chi connectivity index (χ1n) is 7.84. The third kappa shape index (κ3) is 15.6. The van der Waals surface area contributed by atoms with Gasteiger partial charge in [-0.2, -0.15) is 0 Å². The van der Waals surface area contributed by atoms with Crippen molar-refractivity contribution in [2.24, 2.45) is 0 Å². The maximum atomic E-state index is 10.7. The molecule has 0 amide bonds. The van der Waals surface area contributed by atoms with Crippen LogP contribution in [0.4, 0.5) is 0 Å². The lowest BCUT2D eigenvalue weighted by Gasteiger charge is -2.04. The zero-order valence-corrected chi connectivity index (χ0v) is 12.5. The number of unbranched alkanes of at least 4 members (excludes halogenated alkanes) is 8. The Labute approximate surface area is 113 Å². The van der Waals surface area contributed by atoms with Crippen molar-refractivity contribution < 1.29 is 9.53 Å². The topological polar surface area (TPSA) is 26.3 Å². The van der Waals surface area contributed by atoms with Gasteiger partial charge in [0.15, 0.2) is 0 Å². The van der Waals surface area contributed by atoms with Crippen LogP contribution in [0.5, 0.6) is 0 Å². The van der Waals surface area contributed by atoms with E-state index in [0.29, 0.717) is 6.42 Å². The minimum absolute atomic E-state index is 0.265. The molecule has 0 aromatic carbocycles. The highest BCUT2D eigenvalue weighted by atomic mass is 16.5. The molecule has 0 N–H and O–H groups in total. The van der Waals surface area contributed by atoms with E-state index in [2.05, 4.69) is 6.92 Å². The van der Waals surface area contributed by atoms with Crippen molar-refractivity contribution in [2.75, 3.05) is 13.2 Å². The zero-order chi connectivity index (χ0) is 13.5. The van der Waals surface area contributed by atoms with E-state index >= 15 is 0 Å². The molecule has 18 heavy (non-hydrogen) atoms. The Morgan fingerprint density at radius 2 is 1.28 bits per heavy atom. The van der Waals surface area contributed by atoms with Crippen molar-refractivity contribution in [3.63, 3.8) is 0 Å². The van der Waals surface area contributed by atoms with Gasteiger partial charge >= 0.3 is 0 Å². The van der Waals surface area contributed by atoms with Gasteiger partial charge in [0, 0.05) is 19.6 Å². The first kappa shape index (κ1) is 17.6. The first-order valence-corrected chi connectivity index (χ1v) is 7.84. The van der Waals surface area contributed by atoms with E-state index in [9.17, 15) is 4.79 Å². The molecule has 0 radical (unpaired) electrons. The fraction of sp³-hybridized carbons (Fsp3) is 0.938.